The highest BCUT2D eigenvalue weighted by molar-refractivity contribution is 8.77. The van der Waals surface area contributed by atoms with E-state index in [0.717, 1.165) is 30.4 Å². The Kier molecular flexibility index (Phi) is 5.64. The van der Waals surface area contributed by atoms with Crippen LogP contribution in [0.5, 0.6) is 0 Å². The zero-order valence-electron chi connectivity index (χ0n) is 16.3. The third-order valence-electron chi connectivity index (χ3n) is 7.37. The molecule has 3 aliphatic carbocycles. The number of hydrogen-bond donors (Lipinski definition) is 1. The molecule has 2 aliphatic heterocycles. The summed E-state index contributed by atoms with van der Waals surface area (Å²) in [7, 11) is 3.73. The van der Waals surface area contributed by atoms with E-state index < -0.39 is 0 Å². The lowest BCUT2D eigenvalue weighted by molar-refractivity contribution is -0.199. The number of rotatable bonds is 7. The first-order chi connectivity index (χ1) is 12.4. The highest BCUT2D eigenvalue weighted by atomic mass is 33.1. The molecule has 26 heavy (non-hydrogen) atoms. The minimum atomic E-state index is -0.281. The molecule has 4 unspecified atom stereocenters. The van der Waals surface area contributed by atoms with Crippen LogP contribution >= 0.6 is 21.6 Å². The Balaban J connectivity index is 1.16. The molecule has 0 aromatic rings. The van der Waals surface area contributed by atoms with Gasteiger partial charge in [0.1, 0.15) is 0 Å². The van der Waals surface area contributed by atoms with Crippen molar-refractivity contribution in [2.24, 2.45) is 17.3 Å². The van der Waals surface area contributed by atoms with Crippen molar-refractivity contribution >= 4 is 34.6 Å². The average molecular weight is 397 g/mol. The molecule has 3 saturated carbocycles. The molecule has 4 nitrogen and oxygen atoms in total. The summed E-state index contributed by atoms with van der Waals surface area (Å²) >= 11 is 0. The predicted molar refractivity (Wildman–Crippen MR) is 110 cm³/mol. The van der Waals surface area contributed by atoms with Crippen LogP contribution in [0.4, 0.5) is 0 Å². The van der Waals surface area contributed by atoms with E-state index in [-0.39, 0.29) is 24.7 Å². The van der Waals surface area contributed by atoms with Crippen LogP contribution in [0.1, 0.15) is 65.7 Å². The van der Waals surface area contributed by atoms with Crippen molar-refractivity contribution in [3.63, 3.8) is 0 Å². The van der Waals surface area contributed by atoms with Crippen molar-refractivity contribution in [3.8, 4) is 0 Å². The van der Waals surface area contributed by atoms with Crippen molar-refractivity contribution in [1.29, 1.82) is 0 Å². The van der Waals surface area contributed by atoms with Gasteiger partial charge in [-0.2, -0.15) is 0 Å². The molecule has 5 atom stereocenters. The lowest BCUT2D eigenvalue weighted by Crippen LogP contribution is -2.65. The summed E-state index contributed by atoms with van der Waals surface area (Å²) in [6, 6.07) is 0. The number of unbranched alkanes of at least 4 members (excludes halogenated alkanes) is 1. The monoisotopic (exact) mass is 397 g/mol. The molecular weight excluding hydrogens is 365 g/mol. The molecule has 1 amide bonds. The van der Waals surface area contributed by atoms with Gasteiger partial charge in [-0.15, -0.1) is 0 Å². The SMILES string of the molecule is CC1(C)C2CC3OB(CNC(=O)CCCCC4CCSS4)O[C@]3(C)C1C2. The molecule has 146 valence electrons. The highest BCUT2D eigenvalue weighted by Gasteiger charge is 2.67. The molecule has 2 heterocycles. The highest BCUT2D eigenvalue weighted by Crippen LogP contribution is 2.65. The van der Waals surface area contributed by atoms with Crippen molar-refractivity contribution in [3.05, 3.63) is 0 Å². The minimum absolute atomic E-state index is 0.135. The minimum Gasteiger partial charge on any atom is -0.404 e. The molecule has 5 fully saturated rings. The third kappa shape index (κ3) is 3.58. The summed E-state index contributed by atoms with van der Waals surface area (Å²) in [6.07, 6.45) is 8.38. The molecule has 2 bridgehead atoms. The third-order valence-corrected chi connectivity index (χ3v) is 10.4. The van der Waals surface area contributed by atoms with E-state index >= 15 is 0 Å². The predicted octanol–water partition coefficient (Wildman–Crippen LogP) is 4.08. The maximum absolute atomic E-state index is 12.1. The van der Waals surface area contributed by atoms with Gasteiger partial charge in [0.05, 0.1) is 18.1 Å². The van der Waals surface area contributed by atoms with Gasteiger partial charge in [0.15, 0.2) is 0 Å². The first-order valence-electron chi connectivity index (χ1n) is 10.3. The Morgan fingerprint density at radius 1 is 1.27 bits per heavy atom. The van der Waals surface area contributed by atoms with E-state index in [4.69, 9.17) is 9.31 Å². The maximum atomic E-state index is 12.1. The van der Waals surface area contributed by atoms with Gasteiger partial charge in [0.25, 0.3) is 0 Å². The lowest BCUT2D eigenvalue weighted by Gasteiger charge is -2.64. The largest absolute Gasteiger partial charge is 0.478 e. The van der Waals surface area contributed by atoms with Crippen LogP contribution < -0.4 is 5.32 Å². The molecule has 0 aromatic heterocycles. The smallest absolute Gasteiger partial charge is 0.404 e. The molecule has 1 N–H and O–H groups in total. The number of nitrogens with one attached hydrogen (secondary N) is 1. The van der Waals surface area contributed by atoms with Crippen LogP contribution in [0.3, 0.4) is 0 Å². The first kappa shape index (κ1) is 19.5. The summed E-state index contributed by atoms with van der Waals surface area (Å²) in [5.74, 6) is 2.76. The summed E-state index contributed by atoms with van der Waals surface area (Å²) in [5, 5.41) is 3.84. The van der Waals surface area contributed by atoms with E-state index in [2.05, 4.69) is 26.1 Å². The maximum Gasteiger partial charge on any atom is 0.478 e. The molecule has 5 rings (SSSR count). The quantitative estimate of drug-likeness (QED) is 0.398. The first-order valence-corrected chi connectivity index (χ1v) is 12.7. The standard InChI is InChI=1S/C19H32BNO3S2/c1-18(2)13-10-15(18)19(3)16(11-13)23-20(24-19)12-21-17(22)7-5-4-6-14-8-9-25-26-14/h13-16H,4-12H2,1-3H3,(H,21,22)/t13?,14?,15?,16?,19-/m1/s1. The zero-order chi connectivity index (χ0) is 18.4. The van der Waals surface area contributed by atoms with Gasteiger partial charge >= 0.3 is 7.12 Å². The van der Waals surface area contributed by atoms with Gasteiger partial charge in [-0.1, -0.05) is 41.9 Å². The fourth-order valence-corrected chi connectivity index (χ4v) is 8.57. The van der Waals surface area contributed by atoms with Crippen LogP contribution in [0, 0.1) is 17.3 Å². The second-order valence-corrected chi connectivity index (χ2v) is 12.1. The van der Waals surface area contributed by atoms with E-state index in [1.807, 2.05) is 21.6 Å². The van der Waals surface area contributed by atoms with Crippen molar-refractivity contribution in [2.45, 2.75) is 82.7 Å². The molecule has 2 saturated heterocycles. The molecule has 0 aromatic carbocycles. The fraction of sp³-hybridized carbons (Fsp3) is 0.947. The number of amides is 1. The van der Waals surface area contributed by atoms with Crippen LogP contribution in [-0.2, 0) is 14.1 Å². The van der Waals surface area contributed by atoms with Gasteiger partial charge in [-0.3, -0.25) is 4.79 Å². The second-order valence-electron chi connectivity index (χ2n) is 9.28. The lowest BCUT2D eigenvalue weighted by atomic mass is 9.43. The van der Waals surface area contributed by atoms with Crippen LogP contribution in [-0.4, -0.2) is 42.2 Å². The number of carbonyl (C=O) groups is 1. The summed E-state index contributed by atoms with van der Waals surface area (Å²) in [4.78, 5) is 12.1. The summed E-state index contributed by atoms with van der Waals surface area (Å²) in [6.45, 7) is 6.96. The van der Waals surface area contributed by atoms with Crippen LogP contribution in [0.2, 0.25) is 0 Å². The molecule has 5 aliphatic rings. The molecule has 0 spiro atoms. The normalized spacial score (nSPS) is 40.2. The summed E-state index contributed by atoms with van der Waals surface area (Å²) in [5.41, 5.74) is 0.188. The molecule has 0 radical (unpaired) electrons. The number of carbonyl (C=O) groups excluding carboxylic acids is 1. The molecular formula is C19H32BNO3S2. The topological polar surface area (TPSA) is 47.6 Å². The van der Waals surface area contributed by atoms with Gasteiger partial charge in [0, 0.05) is 17.4 Å². The summed E-state index contributed by atoms with van der Waals surface area (Å²) < 4.78 is 12.5. The van der Waals surface area contributed by atoms with Gasteiger partial charge in [-0.25, -0.2) is 0 Å². The van der Waals surface area contributed by atoms with Crippen LogP contribution in [0.15, 0.2) is 0 Å². The van der Waals surface area contributed by atoms with Crippen molar-refractivity contribution in [2.75, 3.05) is 12.2 Å². The van der Waals surface area contributed by atoms with E-state index in [1.54, 1.807) is 0 Å². The Bertz CT molecular complexity index is 543. The number of hydrogen-bond acceptors (Lipinski definition) is 5. The van der Waals surface area contributed by atoms with Gasteiger partial charge in [-0.05, 0) is 56.3 Å². The van der Waals surface area contributed by atoms with E-state index in [1.165, 1.54) is 25.0 Å². The van der Waals surface area contributed by atoms with Crippen molar-refractivity contribution in [1.82, 2.24) is 5.32 Å². The van der Waals surface area contributed by atoms with Crippen molar-refractivity contribution < 1.29 is 14.1 Å². The van der Waals surface area contributed by atoms with Gasteiger partial charge in [0.2, 0.25) is 5.91 Å². The Labute approximate surface area is 166 Å². The Morgan fingerprint density at radius 2 is 2.12 bits per heavy atom. The van der Waals surface area contributed by atoms with Crippen LogP contribution in [0.25, 0.3) is 0 Å². The Hall–Kier alpha value is 0.155. The fourth-order valence-electron chi connectivity index (χ4n) is 5.55. The zero-order valence-corrected chi connectivity index (χ0v) is 17.9. The average Bonchev–Trinajstić information content (AvgIpc) is 3.22. The van der Waals surface area contributed by atoms with E-state index in [0.29, 0.717) is 24.2 Å². The molecule has 7 heteroatoms. The van der Waals surface area contributed by atoms with E-state index in [9.17, 15) is 4.79 Å². The second kappa shape index (κ2) is 7.53. The van der Waals surface area contributed by atoms with Gasteiger partial charge < -0.3 is 14.6 Å². The Morgan fingerprint density at radius 3 is 2.85 bits per heavy atom.